The third-order valence-corrected chi connectivity index (χ3v) is 3.65. The maximum Gasteiger partial charge on any atom is 0.187 e. The van der Waals surface area contributed by atoms with E-state index >= 15 is 0 Å². The van der Waals surface area contributed by atoms with Gasteiger partial charge in [-0.25, -0.2) is 0 Å². The van der Waals surface area contributed by atoms with Crippen LogP contribution in [0.25, 0.3) is 0 Å². The van der Waals surface area contributed by atoms with E-state index in [9.17, 15) is 0 Å². The van der Waals surface area contributed by atoms with Crippen molar-refractivity contribution in [1.29, 1.82) is 0 Å². The Hall–Kier alpha value is -1.55. The molecule has 2 aliphatic rings. The van der Waals surface area contributed by atoms with Crippen molar-refractivity contribution in [1.82, 2.24) is 5.32 Å². The van der Waals surface area contributed by atoms with Gasteiger partial charge in [-0.2, -0.15) is 0 Å². The molecule has 1 aromatic rings. The lowest BCUT2D eigenvalue weighted by atomic mass is 10.1. The zero-order chi connectivity index (χ0) is 12.9. The average Bonchev–Trinajstić information content (AvgIpc) is 2.80. The molecule has 4 nitrogen and oxygen atoms in total. The lowest BCUT2D eigenvalue weighted by molar-refractivity contribution is 0.341. The second-order valence-electron chi connectivity index (χ2n) is 5.06. The summed E-state index contributed by atoms with van der Waals surface area (Å²) in [5.74, 6) is 0.881. The first-order valence-electron chi connectivity index (χ1n) is 7.12. The Labute approximate surface area is 114 Å². The van der Waals surface area contributed by atoms with Crippen LogP contribution in [0.1, 0.15) is 12.0 Å². The summed E-state index contributed by atoms with van der Waals surface area (Å²) in [6.45, 7) is 6.00. The number of rotatable bonds is 3. The van der Waals surface area contributed by atoms with E-state index in [1.54, 1.807) is 0 Å². The number of ether oxygens (including phenoxy) is 1. The number of anilines is 1. The van der Waals surface area contributed by atoms with Crippen LogP contribution >= 0.6 is 0 Å². The van der Waals surface area contributed by atoms with Gasteiger partial charge in [-0.05, 0) is 30.7 Å². The topological polar surface area (TPSA) is 36.9 Å². The summed E-state index contributed by atoms with van der Waals surface area (Å²) < 4.78 is 5.45. The van der Waals surface area contributed by atoms with Crippen LogP contribution < -0.4 is 10.2 Å². The van der Waals surface area contributed by atoms with Gasteiger partial charge < -0.3 is 15.0 Å². The van der Waals surface area contributed by atoms with Crippen molar-refractivity contribution in [2.45, 2.75) is 12.8 Å². The van der Waals surface area contributed by atoms with E-state index in [1.807, 2.05) is 0 Å². The van der Waals surface area contributed by atoms with Gasteiger partial charge in [0.25, 0.3) is 0 Å². The Morgan fingerprint density at radius 2 is 2.05 bits per heavy atom. The minimum Gasteiger partial charge on any atom is -0.479 e. The lowest BCUT2D eigenvalue weighted by Gasteiger charge is -2.22. The molecule has 19 heavy (non-hydrogen) atoms. The van der Waals surface area contributed by atoms with Crippen LogP contribution in [0.3, 0.4) is 0 Å². The van der Waals surface area contributed by atoms with Crippen molar-refractivity contribution in [3.63, 3.8) is 0 Å². The molecule has 0 radical (unpaired) electrons. The standard InChI is InChI=1S/C15H21N3O/c1-6-16-7-10-18(9-1)14-4-2-13(3-5-14)12-15-17-8-11-19-15/h2-5,16H,1,6-12H2. The molecule has 0 atom stereocenters. The van der Waals surface area contributed by atoms with E-state index in [1.165, 1.54) is 17.7 Å². The number of benzene rings is 1. The number of nitrogens with one attached hydrogen (secondary N) is 1. The summed E-state index contributed by atoms with van der Waals surface area (Å²) in [5.41, 5.74) is 2.60. The van der Waals surface area contributed by atoms with E-state index in [2.05, 4.69) is 39.5 Å². The van der Waals surface area contributed by atoms with Gasteiger partial charge in [0.15, 0.2) is 5.90 Å². The van der Waals surface area contributed by atoms with E-state index in [-0.39, 0.29) is 0 Å². The van der Waals surface area contributed by atoms with Crippen LogP contribution in [0.5, 0.6) is 0 Å². The van der Waals surface area contributed by atoms with E-state index < -0.39 is 0 Å². The molecule has 0 aliphatic carbocycles. The largest absolute Gasteiger partial charge is 0.479 e. The first-order chi connectivity index (χ1) is 9.42. The zero-order valence-electron chi connectivity index (χ0n) is 11.3. The van der Waals surface area contributed by atoms with Gasteiger partial charge in [-0.3, -0.25) is 4.99 Å². The van der Waals surface area contributed by atoms with Gasteiger partial charge >= 0.3 is 0 Å². The fraction of sp³-hybridized carbons (Fsp3) is 0.533. The Kier molecular flexibility index (Phi) is 3.98. The Bertz CT molecular complexity index is 433. The average molecular weight is 259 g/mol. The minimum atomic E-state index is 0.744. The van der Waals surface area contributed by atoms with Crippen LogP contribution in [0.2, 0.25) is 0 Å². The SMILES string of the molecule is c1cc(N2CCCNCC2)ccc1CC1=NCCO1. The van der Waals surface area contributed by atoms with Crippen LogP contribution in [0.4, 0.5) is 5.69 Å². The fourth-order valence-electron chi connectivity index (χ4n) is 2.59. The Morgan fingerprint density at radius 3 is 2.84 bits per heavy atom. The minimum absolute atomic E-state index is 0.744. The molecule has 1 N–H and O–H groups in total. The molecular formula is C15H21N3O. The maximum absolute atomic E-state index is 5.45. The number of aliphatic imine (C=N–C) groups is 1. The zero-order valence-corrected chi connectivity index (χ0v) is 11.3. The maximum atomic E-state index is 5.45. The summed E-state index contributed by atoms with van der Waals surface area (Å²) >= 11 is 0. The van der Waals surface area contributed by atoms with Crippen LogP contribution in [0, 0.1) is 0 Å². The molecule has 3 rings (SSSR count). The van der Waals surface area contributed by atoms with Gasteiger partial charge in [0.05, 0.1) is 6.54 Å². The van der Waals surface area contributed by atoms with Crippen molar-refractivity contribution in [2.24, 2.45) is 4.99 Å². The molecule has 102 valence electrons. The molecule has 1 fully saturated rings. The molecule has 0 amide bonds. The molecule has 0 bridgehead atoms. The highest BCUT2D eigenvalue weighted by Crippen LogP contribution is 2.17. The van der Waals surface area contributed by atoms with Gasteiger partial charge in [0.1, 0.15) is 6.61 Å². The molecule has 0 unspecified atom stereocenters. The van der Waals surface area contributed by atoms with Crippen molar-refractivity contribution in [3.05, 3.63) is 29.8 Å². The molecule has 2 aliphatic heterocycles. The normalized spacial score (nSPS) is 19.8. The van der Waals surface area contributed by atoms with Gasteiger partial charge in [0.2, 0.25) is 0 Å². The van der Waals surface area contributed by atoms with Crippen LogP contribution in [-0.2, 0) is 11.2 Å². The molecular weight excluding hydrogens is 238 g/mol. The Balaban J connectivity index is 1.64. The summed E-state index contributed by atoms with van der Waals surface area (Å²) in [6, 6.07) is 8.82. The molecule has 2 heterocycles. The lowest BCUT2D eigenvalue weighted by Crippen LogP contribution is -2.27. The second kappa shape index (κ2) is 6.06. The second-order valence-corrected chi connectivity index (χ2v) is 5.06. The predicted octanol–water partition coefficient (Wildman–Crippen LogP) is 1.46. The van der Waals surface area contributed by atoms with E-state index in [0.717, 1.165) is 51.6 Å². The van der Waals surface area contributed by atoms with E-state index in [4.69, 9.17) is 4.74 Å². The fourth-order valence-corrected chi connectivity index (χ4v) is 2.59. The molecule has 0 aromatic heterocycles. The molecule has 0 spiro atoms. The predicted molar refractivity (Wildman–Crippen MR) is 78.1 cm³/mol. The first kappa shape index (κ1) is 12.5. The van der Waals surface area contributed by atoms with Crippen molar-refractivity contribution < 1.29 is 4.74 Å². The molecule has 1 aromatic carbocycles. The quantitative estimate of drug-likeness (QED) is 0.893. The first-order valence-corrected chi connectivity index (χ1v) is 7.12. The summed E-state index contributed by atoms with van der Waals surface area (Å²) in [4.78, 5) is 6.78. The highest BCUT2D eigenvalue weighted by atomic mass is 16.5. The third-order valence-electron chi connectivity index (χ3n) is 3.65. The third kappa shape index (κ3) is 3.26. The van der Waals surface area contributed by atoms with Crippen molar-refractivity contribution in [3.8, 4) is 0 Å². The molecule has 0 saturated carbocycles. The monoisotopic (exact) mass is 259 g/mol. The van der Waals surface area contributed by atoms with Crippen LogP contribution in [0.15, 0.2) is 29.3 Å². The number of nitrogens with zero attached hydrogens (tertiary/aromatic N) is 2. The molecule has 1 saturated heterocycles. The van der Waals surface area contributed by atoms with Gasteiger partial charge in [-0.15, -0.1) is 0 Å². The van der Waals surface area contributed by atoms with Gasteiger partial charge in [-0.1, -0.05) is 12.1 Å². The number of hydrogen-bond acceptors (Lipinski definition) is 4. The summed E-state index contributed by atoms with van der Waals surface area (Å²) in [6.07, 6.45) is 2.04. The van der Waals surface area contributed by atoms with Gasteiger partial charge in [0, 0.05) is 31.7 Å². The smallest absolute Gasteiger partial charge is 0.187 e. The molecule has 4 heteroatoms. The number of hydrogen-bond donors (Lipinski definition) is 1. The summed E-state index contributed by atoms with van der Waals surface area (Å²) in [5, 5.41) is 3.43. The summed E-state index contributed by atoms with van der Waals surface area (Å²) in [7, 11) is 0. The van der Waals surface area contributed by atoms with E-state index in [0.29, 0.717) is 0 Å². The van der Waals surface area contributed by atoms with Crippen LogP contribution in [-0.4, -0.2) is 45.2 Å². The highest BCUT2D eigenvalue weighted by molar-refractivity contribution is 5.79. The van der Waals surface area contributed by atoms with Crippen molar-refractivity contribution in [2.75, 3.05) is 44.2 Å². The Morgan fingerprint density at radius 1 is 1.16 bits per heavy atom. The van der Waals surface area contributed by atoms with Crippen molar-refractivity contribution >= 4 is 11.6 Å². The highest BCUT2D eigenvalue weighted by Gasteiger charge is 2.11.